The highest BCUT2D eigenvalue weighted by molar-refractivity contribution is 6.30. The molecule has 2 heterocycles. The molecule has 6 heteroatoms. The fourth-order valence-corrected chi connectivity index (χ4v) is 4.65. The van der Waals surface area contributed by atoms with Crippen LogP contribution in [-0.2, 0) is 16.1 Å². The number of fused-ring (bicyclic) bond motifs is 1. The topological polar surface area (TPSA) is 49.9 Å². The van der Waals surface area contributed by atoms with Crippen molar-refractivity contribution in [2.24, 2.45) is 5.92 Å². The van der Waals surface area contributed by atoms with Crippen molar-refractivity contribution in [1.29, 1.82) is 0 Å². The van der Waals surface area contributed by atoms with Gasteiger partial charge in [-0.1, -0.05) is 24.4 Å². The largest absolute Gasteiger partial charge is 0.491 e. The lowest BCUT2D eigenvalue weighted by Gasteiger charge is -2.37. The molecule has 140 valence electrons. The molecule has 0 radical (unpaired) electrons. The van der Waals surface area contributed by atoms with Crippen molar-refractivity contribution in [3.8, 4) is 5.75 Å². The Morgan fingerprint density at radius 1 is 1.19 bits per heavy atom. The molecule has 1 atom stereocenters. The van der Waals surface area contributed by atoms with Crippen molar-refractivity contribution in [1.82, 2.24) is 9.80 Å². The van der Waals surface area contributed by atoms with Gasteiger partial charge in [0.25, 0.3) is 0 Å². The number of hydrogen-bond acceptors (Lipinski definition) is 3. The van der Waals surface area contributed by atoms with Crippen LogP contribution >= 0.6 is 11.6 Å². The Bertz CT molecular complexity index is 702. The van der Waals surface area contributed by atoms with Crippen LogP contribution < -0.4 is 4.74 Å². The molecule has 2 amide bonds. The van der Waals surface area contributed by atoms with Crippen LogP contribution in [0.3, 0.4) is 0 Å². The van der Waals surface area contributed by atoms with E-state index in [4.69, 9.17) is 16.3 Å². The molecule has 5 nitrogen and oxygen atoms in total. The van der Waals surface area contributed by atoms with E-state index in [-0.39, 0.29) is 17.7 Å². The van der Waals surface area contributed by atoms with Crippen LogP contribution in [0.25, 0.3) is 0 Å². The molecule has 0 unspecified atom stereocenters. The third kappa shape index (κ3) is 3.54. The molecule has 1 aliphatic carbocycles. The molecule has 1 aromatic rings. The van der Waals surface area contributed by atoms with E-state index in [0.29, 0.717) is 50.1 Å². The average molecular weight is 377 g/mol. The SMILES string of the molecule is O=C([C@@H]1CCC(=O)N(C2CCCC2)C1)N1CCOc2ccc(Cl)cc2C1. The normalized spacial score (nSPS) is 24.2. The Morgan fingerprint density at radius 2 is 2.00 bits per heavy atom. The standard InChI is InChI=1S/C20H25ClN2O3/c21-16-6-7-18-15(11-16)12-22(9-10-26-18)20(25)14-5-8-19(24)23(13-14)17-3-1-2-4-17/h6-7,11,14,17H,1-5,8-10,12-13H2/t14-/m1/s1. The zero-order chi connectivity index (χ0) is 18.1. The molecular formula is C20H25ClN2O3. The summed E-state index contributed by atoms with van der Waals surface area (Å²) < 4.78 is 5.77. The smallest absolute Gasteiger partial charge is 0.227 e. The van der Waals surface area contributed by atoms with E-state index in [1.807, 2.05) is 28.0 Å². The third-order valence-corrected chi connectivity index (χ3v) is 6.11. The van der Waals surface area contributed by atoms with E-state index in [2.05, 4.69) is 0 Å². The van der Waals surface area contributed by atoms with Crippen LogP contribution in [0, 0.1) is 5.92 Å². The first kappa shape index (κ1) is 17.7. The zero-order valence-electron chi connectivity index (χ0n) is 15.0. The predicted octanol–water partition coefficient (Wildman–Crippen LogP) is 3.24. The molecule has 3 aliphatic rings. The van der Waals surface area contributed by atoms with E-state index in [1.165, 1.54) is 12.8 Å². The van der Waals surface area contributed by atoms with Crippen molar-refractivity contribution >= 4 is 23.4 Å². The zero-order valence-corrected chi connectivity index (χ0v) is 15.7. The number of likely N-dealkylation sites (tertiary alicyclic amines) is 1. The number of piperidine rings is 1. The third-order valence-electron chi connectivity index (χ3n) is 5.87. The second-order valence-electron chi connectivity index (χ2n) is 7.58. The number of ether oxygens (including phenoxy) is 1. The summed E-state index contributed by atoms with van der Waals surface area (Å²) in [5, 5.41) is 0.650. The fraction of sp³-hybridized carbons (Fsp3) is 0.600. The Morgan fingerprint density at radius 3 is 2.81 bits per heavy atom. The summed E-state index contributed by atoms with van der Waals surface area (Å²) in [5.74, 6) is 1.05. The van der Waals surface area contributed by atoms with Crippen molar-refractivity contribution in [3.63, 3.8) is 0 Å². The molecule has 2 aliphatic heterocycles. The molecular weight excluding hydrogens is 352 g/mol. The first-order valence-corrected chi connectivity index (χ1v) is 9.99. The summed E-state index contributed by atoms with van der Waals surface area (Å²) in [4.78, 5) is 29.4. The van der Waals surface area contributed by atoms with Gasteiger partial charge >= 0.3 is 0 Å². The molecule has 1 saturated carbocycles. The summed E-state index contributed by atoms with van der Waals surface area (Å²) in [7, 11) is 0. The second-order valence-corrected chi connectivity index (χ2v) is 8.02. The van der Waals surface area contributed by atoms with Gasteiger partial charge in [-0.3, -0.25) is 9.59 Å². The van der Waals surface area contributed by atoms with Crippen LogP contribution in [0.15, 0.2) is 18.2 Å². The van der Waals surface area contributed by atoms with Crippen LogP contribution in [0.5, 0.6) is 5.75 Å². The second kappa shape index (κ2) is 7.47. The van der Waals surface area contributed by atoms with Gasteiger partial charge < -0.3 is 14.5 Å². The number of halogens is 1. The number of rotatable bonds is 2. The Kier molecular flexibility index (Phi) is 5.07. The van der Waals surface area contributed by atoms with E-state index in [0.717, 1.165) is 24.2 Å². The maximum absolute atomic E-state index is 13.2. The van der Waals surface area contributed by atoms with E-state index in [9.17, 15) is 9.59 Å². The van der Waals surface area contributed by atoms with Gasteiger partial charge in [0.15, 0.2) is 0 Å². The maximum Gasteiger partial charge on any atom is 0.227 e. The number of carbonyl (C=O) groups is 2. The fourth-order valence-electron chi connectivity index (χ4n) is 4.45. The van der Waals surface area contributed by atoms with Gasteiger partial charge in [0, 0.05) is 36.1 Å². The molecule has 2 fully saturated rings. The van der Waals surface area contributed by atoms with Crippen LogP contribution in [0.2, 0.25) is 5.02 Å². The van der Waals surface area contributed by atoms with Crippen LogP contribution in [-0.4, -0.2) is 47.4 Å². The van der Waals surface area contributed by atoms with Gasteiger partial charge in [-0.05, 0) is 37.5 Å². The Labute approximate surface area is 159 Å². The maximum atomic E-state index is 13.2. The number of benzene rings is 1. The van der Waals surface area contributed by atoms with Crippen molar-refractivity contribution in [3.05, 3.63) is 28.8 Å². The number of carbonyl (C=O) groups excluding carboxylic acids is 2. The quantitative estimate of drug-likeness (QED) is 0.796. The summed E-state index contributed by atoms with van der Waals surface area (Å²) in [6.45, 7) is 2.14. The molecule has 0 spiro atoms. The van der Waals surface area contributed by atoms with Crippen molar-refractivity contribution < 1.29 is 14.3 Å². The monoisotopic (exact) mass is 376 g/mol. The first-order valence-electron chi connectivity index (χ1n) is 9.61. The minimum absolute atomic E-state index is 0.103. The van der Waals surface area contributed by atoms with Gasteiger partial charge in [0.05, 0.1) is 12.5 Å². The molecule has 0 N–H and O–H groups in total. The van der Waals surface area contributed by atoms with Gasteiger partial charge in [0.1, 0.15) is 12.4 Å². The highest BCUT2D eigenvalue weighted by atomic mass is 35.5. The lowest BCUT2D eigenvalue weighted by Crippen LogP contribution is -2.50. The van der Waals surface area contributed by atoms with Crippen LogP contribution in [0.4, 0.5) is 0 Å². The average Bonchev–Trinajstić information content (AvgIpc) is 3.08. The minimum atomic E-state index is -0.103. The summed E-state index contributed by atoms with van der Waals surface area (Å²) >= 11 is 6.11. The van der Waals surface area contributed by atoms with Gasteiger partial charge in [-0.15, -0.1) is 0 Å². The summed E-state index contributed by atoms with van der Waals surface area (Å²) in [6, 6.07) is 5.89. The first-order chi connectivity index (χ1) is 12.6. The predicted molar refractivity (Wildman–Crippen MR) is 99.1 cm³/mol. The highest BCUT2D eigenvalue weighted by Gasteiger charge is 2.37. The summed E-state index contributed by atoms with van der Waals surface area (Å²) in [6.07, 6.45) is 5.68. The molecule has 4 rings (SSSR count). The minimum Gasteiger partial charge on any atom is -0.491 e. The number of amides is 2. The lowest BCUT2D eigenvalue weighted by atomic mass is 9.94. The summed E-state index contributed by atoms with van der Waals surface area (Å²) in [5.41, 5.74) is 0.947. The molecule has 0 aromatic heterocycles. The lowest BCUT2D eigenvalue weighted by molar-refractivity contribution is -0.145. The molecule has 1 saturated heterocycles. The van der Waals surface area contributed by atoms with Gasteiger partial charge in [-0.2, -0.15) is 0 Å². The Hall–Kier alpha value is -1.75. The van der Waals surface area contributed by atoms with Gasteiger partial charge in [-0.25, -0.2) is 0 Å². The van der Waals surface area contributed by atoms with Crippen molar-refractivity contribution in [2.45, 2.75) is 51.1 Å². The van der Waals surface area contributed by atoms with Crippen molar-refractivity contribution in [2.75, 3.05) is 19.7 Å². The highest BCUT2D eigenvalue weighted by Crippen LogP contribution is 2.31. The molecule has 1 aromatic carbocycles. The van der Waals surface area contributed by atoms with E-state index in [1.54, 1.807) is 0 Å². The molecule has 26 heavy (non-hydrogen) atoms. The molecule has 0 bridgehead atoms. The van der Waals surface area contributed by atoms with Crippen LogP contribution in [0.1, 0.15) is 44.1 Å². The number of hydrogen-bond donors (Lipinski definition) is 0. The van der Waals surface area contributed by atoms with Gasteiger partial charge in [0.2, 0.25) is 11.8 Å². The van der Waals surface area contributed by atoms with E-state index < -0.39 is 0 Å². The number of nitrogens with zero attached hydrogens (tertiary/aromatic N) is 2. The Balaban J connectivity index is 1.47. The van der Waals surface area contributed by atoms with E-state index >= 15 is 0 Å².